The molecule has 0 aromatic heterocycles. The molecule has 0 spiro atoms. The molecule has 0 saturated carbocycles. The van der Waals surface area contributed by atoms with Gasteiger partial charge >= 0.3 is 5.97 Å². The second-order valence-electron chi connectivity index (χ2n) is 5.99. The number of anilines is 2. The summed E-state index contributed by atoms with van der Waals surface area (Å²) in [4.78, 5) is 24.2. The highest BCUT2D eigenvalue weighted by molar-refractivity contribution is 7.89. The van der Waals surface area contributed by atoms with Crippen LogP contribution in [0.3, 0.4) is 0 Å². The Morgan fingerprint density at radius 1 is 1.15 bits per heavy atom. The van der Waals surface area contributed by atoms with Gasteiger partial charge in [0.2, 0.25) is 10.0 Å². The first-order valence-corrected chi connectivity index (χ1v) is 9.76. The number of carbonyl (C=O) groups excluding carboxylic acids is 2. The van der Waals surface area contributed by atoms with E-state index in [-0.39, 0.29) is 11.5 Å². The zero-order chi connectivity index (χ0) is 19.6. The van der Waals surface area contributed by atoms with Gasteiger partial charge in [-0.3, -0.25) is 4.79 Å². The molecule has 0 aliphatic carbocycles. The van der Waals surface area contributed by atoms with Crippen molar-refractivity contribution in [3.8, 4) is 0 Å². The van der Waals surface area contributed by atoms with Gasteiger partial charge in [-0.15, -0.1) is 0 Å². The van der Waals surface area contributed by atoms with Crippen LogP contribution in [-0.4, -0.2) is 33.1 Å². The second kappa shape index (κ2) is 7.37. The third-order valence-corrected chi connectivity index (χ3v) is 5.40. The number of sulfonamides is 1. The van der Waals surface area contributed by atoms with Crippen LogP contribution >= 0.6 is 0 Å². The van der Waals surface area contributed by atoms with Crippen LogP contribution in [0.5, 0.6) is 0 Å². The maximum absolute atomic E-state index is 12.5. The van der Waals surface area contributed by atoms with E-state index in [4.69, 9.17) is 4.74 Å². The highest BCUT2D eigenvalue weighted by atomic mass is 32.2. The van der Waals surface area contributed by atoms with E-state index in [1.165, 1.54) is 18.2 Å². The number of aryl methyl sites for hydroxylation is 1. The fourth-order valence-electron chi connectivity index (χ4n) is 2.63. The second-order valence-corrected chi connectivity index (χ2v) is 7.67. The lowest BCUT2D eigenvalue weighted by Gasteiger charge is -2.27. The Morgan fingerprint density at radius 2 is 1.85 bits per heavy atom. The third-order valence-electron chi connectivity index (χ3n) is 3.92. The number of amides is 1. The van der Waals surface area contributed by atoms with Gasteiger partial charge < -0.3 is 15.4 Å². The monoisotopic (exact) mass is 389 g/mol. The topological polar surface area (TPSA) is 114 Å². The molecule has 0 unspecified atom stereocenters. The van der Waals surface area contributed by atoms with Crippen molar-refractivity contribution in [2.45, 2.75) is 24.9 Å². The number of rotatable bonds is 4. The molecule has 0 radical (unpaired) electrons. The van der Waals surface area contributed by atoms with Crippen molar-refractivity contribution >= 4 is 33.3 Å². The SMILES string of the molecule is CCOC(=O)c1ccc(NC(=O)[C@@H]2Nc3cc(C)ccc3S(=O)(=O)N2)cc1. The van der Waals surface area contributed by atoms with E-state index in [9.17, 15) is 18.0 Å². The average molecular weight is 389 g/mol. The quantitative estimate of drug-likeness (QED) is 0.688. The van der Waals surface area contributed by atoms with Gasteiger partial charge in [0.25, 0.3) is 5.91 Å². The molecule has 9 heteroatoms. The van der Waals surface area contributed by atoms with Crippen molar-refractivity contribution in [2.24, 2.45) is 0 Å². The fraction of sp³-hybridized carbons (Fsp3) is 0.222. The molecule has 0 fully saturated rings. The minimum Gasteiger partial charge on any atom is -0.462 e. The molecule has 2 aromatic rings. The molecule has 1 aliphatic heterocycles. The molecule has 8 nitrogen and oxygen atoms in total. The molecule has 1 atom stereocenters. The van der Waals surface area contributed by atoms with Crippen LogP contribution in [0.2, 0.25) is 0 Å². The Balaban J connectivity index is 1.74. The third kappa shape index (κ3) is 4.09. The van der Waals surface area contributed by atoms with Gasteiger partial charge in [-0.1, -0.05) is 6.07 Å². The van der Waals surface area contributed by atoms with Crippen molar-refractivity contribution in [1.82, 2.24) is 4.72 Å². The molecule has 142 valence electrons. The van der Waals surface area contributed by atoms with Crippen LogP contribution in [0.25, 0.3) is 0 Å². The summed E-state index contributed by atoms with van der Waals surface area (Å²) < 4.78 is 31.9. The van der Waals surface area contributed by atoms with E-state index >= 15 is 0 Å². The molecular weight excluding hydrogens is 370 g/mol. The summed E-state index contributed by atoms with van der Waals surface area (Å²) in [6, 6.07) is 11.0. The summed E-state index contributed by atoms with van der Waals surface area (Å²) in [7, 11) is -3.80. The smallest absolute Gasteiger partial charge is 0.338 e. The highest BCUT2D eigenvalue weighted by Crippen LogP contribution is 2.27. The Morgan fingerprint density at radius 3 is 2.52 bits per heavy atom. The standard InChI is InChI=1S/C18H19N3O5S/c1-3-26-18(23)12-5-7-13(8-6-12)19-17(22)16-20-14-10-11(2)4-9-15(14)27(24,25)21-16/h4-10,16,20-21H,3H2,1-2H3,(H,19,22)/t16-/m1/s1. The van der Waals surface area contributed by atoms with Gasteiger partial charge in [-0.25, -0.2) is 13.2 Å². The maximum Gasteiger partial charge on any atom is 0.338 e. The van der Waals surface area contributed by atoms with Crippen LogP contribution in [0.4, 0.5) is 11.4 Å². The predicted octanol–water partition coefficient (Wildman–Crippen LogP) is 1.84. The van der Waals surface area contributed by atoms with Gasteiger partial charge in [-0.05, 0) is 55.8 Å². The molecule has 0 bridgehead atoms. The summed E-state index contributed by atoms with van der Waals surface area (Å²) in [5.74, 6) is -1.03. The molecule has 1 aliphatic rings. The molecule has 2 aromatic carbocycles. The predicted molar refractivity (Wildman–Crippen MR) is 99.9 cm³/mol. The number of ether oxygens (including phenoxy) is 1. The Kier molecular flexibility index (Phi) is 5.15. The summed E-state index contributed by atoms with van der Waals surface area (Å²) in [6.07, 6.45) is -1.16. The maximum atomic E-state index is 12.5. The highest BCUT2D eigenvalue weighted by Gasteiger charge is 2.33. The van der Waals surface area contributed by atoms with E-state index in [2.05, 4.69) is 15.4 Å². The average Bonchev–Trinajstić information content (AvgIpc) is 2.61. The lowest BCUT2D eigenvalue weighted by molar-refractivity contribution is -0.117. The van der Waals surface area contributed by atoms with Crippen molar-refractivity contribution in [3.63, 3.8) is 0 Å². The minimum absolute atomic E-state index is 0.0935. The van der Waals surface area contributed by atoms with E-state index in [1.54, 1.807) is 31.2 Å². The number of nitrogens with one attached hydrogen (secondary N) is 3. The van der Waals surface area contributed by atoms with Crippen LogP contribution in [0, 0.1) is 6.92 Å². The minimum atomic E-state index is -3.80. The van der Waals surface area contributed by atoms with Gasteiger partial charge in [0, 0.05) is 5.69 Å². The molecule has 27 heavy (non-hydrogen) atoms. The first kappa shape index (κ1) is 18.9. The van der Waals surface area contributed by atoms with Crippen LogP contribution < -0.4 is 15.4 Å². The van der Waals surface area contributed by atoms with Crippen molar-refractivity contribution in [2.75, 3.05) is 17.2 Å². The Hall–Kier alpha value is -2.91. The first-order valence-electron chi connectivity index (χ1n) is 8.28. The molecule has 0 saturated heterocycles. The summed E-state index contributed by atoms with van der Waals surface area (Å²) in [5.41, 5.74) is 2.01. The summed E-state index contributed by atoms with van der Waals surface area (Å²) >= 11 is 0. The lowest BCUT2D eigenvalue weighted by atomic mass is 10.2. The molecule has 1 amide bonds. The number of esters is 1. The van der Waals surface area contributed by atoms with E-state index in [0.29, 0.717) is 16.9 Å². The molecule has 3 rings (SSSR count). The number of fused-ring (bicyclic) bond motifs is 1. The fourth-order valence-corrected chi connectivity index (χ4v) is 3.89. The van der Waals surface area contributed by atoms with Gasteiger partial charge in [-0.2, -0.15) is 4.72 Å². The number of benzene rings is 2. The first-order chi connectivity index (χ1) is 12.8. The summed E-state index contributed by atoms with van der Waals surface area (Å²) in [6.45, 7) is 3.81. The number of hydrogen-bond donors (Lipinski definition) is 3. The Bertz CT molecular complexity index is 987. The zero-order valence-electron chi connectivity index (χ0n) is 14.8. The summed E-state index contributed by atoms with van der Waals surface area (Å²) in [5, 5.41) is 5.50. The van der Waals surface area contributed by atoms with Gasteiger partial charge in [0.1, 0.15) is 4.90 Å². The van der Waals surface area contributed by atoms with Crippen LogP contribution in [0.15, 0.2) is 47.4 Å². The van der Waals surface area contributed by atoms with E-state index in [1.807, 2.05) is 6.92 Å². The van der Waals surface area contributed by atoms with Crippen molar-refractivity contribution < 1.29 is 22.7 Å². The molecular formula is C18H19N3O5S. The van der Waals surface area contributed by atoms with Crippen LogP contribution in [0.1, 0.15) is 22.8 Å². The van der Waals surface area contributed by atoms with Gasteiger partial charge in [0.15, 0.2) is 6.17 Å². The normalized spacial score (nSPS) is 17.3. The van der Waals surface area contributed by atoms with E-state index < -0.39 is 28.1 Å². The number of hydrogen-bond acceptors (Lipinski definition) is 6. The largest absolute Gasteiger partial charge is 0.462 e. The van der Waals surface area contributed by atoms with Crippen molar-refractivity contribution in [3.05, 3.63) is 53.6 Å². The van der Waals surface area contributed by atoms with Crippen LogP contribution in [-0.2, 0) is 19.6 Å². The molecule has 3 N–H and O–H groups in total. The van der Waals surface area contributed by atoms with Gasteiger partial charge in [0.05, 0.1) is 17.9 Å². The lowest BCUT2D eigenvalue weighted by Crippen LogP contribution is -2.51. The zero-order valence-corrected chi connectivity index (χ0v) is 15.6. The molecule has 1 heterocycles. The Labute approximate surface area is 157 Å². The van der Waals surface area contributed by atoms with E-state index in [0.717, 1.165) is 5.56 Å². The van der Waals surface area contributed by atoms with Crippen molar-refractivity contribution in [1.29, 1.82) is 0 Å². The number of carbonyl (C=O) groups is 2.